The molecule has 15 heavy (non-hydrogen) atoms. The monoisotopic (exact) mass is 268 g/mol. The average Bonchev–Trinajstić information content (AvgIpc) is 2.73. The second-order valence-electron chi connectivity index (χ2n) is 5.11. The maximum Gasteiger partial charge on any atom is 0.140 e. The van der Waals surface area contributed by atoms with E-state index in [4.69, 9.17) is 0 Å². The van der Waals surface area contributed by atoms with E-state index in [0.29, 0.717) is 5.41 Å². The van der Waals surface area contributed by atoms with Crippen LogP contribution < -0.4 is 5.32 Å². The van der Waals surface area contributed by atoms with Crippen molar-refractivity contribution in [2.75, 3.05) is 11.9 Å². The normalized spacial score (nSPS) is 22.5. The van der Waals surface area contributed by atoms with E-state index in [0.717, 1.165) is 22.8 Å². The number of hydrogen-bond acceptors (Lipinski definition) is 2. The van der Waals surface area contributed by atoms with Gasteiger partial charge in [-0.3, -0.25) is 0 Å². The number of hydrogen-bond donors (Lipinski definition) is 1. The molecule has 0 bridgehead atoms. The van der Waals surface area contributed by atoms with E-state index in [1.54, 1.807) is 0 Å². The summed E-state index contributed by atoms with van der Waals surface area (Å²) in [5.41, 5.74) is 1.71. The number of aryl methyl sites for hydroxylation is 1. The van der Waals surface area contributed by atoms with Crippen LogP contribution in [0.25, 0.3) is 0 Å². The van der Waals surface area contributed by atoms with Crippen LogP contribution in [0, 0.1) is 18.3 Å². The lowest BCUT2D eigenvalue weighted by Gasteiger charge is -2.08. The van der Waals surface area contributed by atoms with Crippen molar-refractivity contribution >= 4 is 21.7 Å². The Morgan fingerprint density at radius 2 is 2.27 bits per heavy atom. The fraction of sp³-hybridized carbons (Fsp3) is 0.583. The molecule has 82 valence electrons. The van der Waals surface area contributed by atoms with Gasteiger partial charge in [-0.05, 0) is 52.2 Å². The van der Waals surface area contributed by atoms with Crippen molar-refractivity contribution in [3.8, 4) is 0 Å². The Morgan fingerprint density at radius 3 is 2.80 bits per heavy atom. The van der Waals surface area contributed by atoms with Gasteiger partial charge in [-0.15, -0.1) is 0 Å². The second kappa shape index (κ2) is 3.78. The van der Waals surface area contributed by atoms with E-state index < -0.39 is 0 Å². The molecular formula is C12H17BrN2. The molecule has 0 amide bonds. The molecule has 0 saturated heterocycles. The molecule has 1 atom stereocenters. The molecule has 1 N–H and O–H groups in total. The van der Waals surface area contributed by atoms with Crippen LogP contribution in [0.5, 0.6) is 0 Å². The Bertz CT molecular complexity index is 374. The van der Waals surface area contributed by atoms with Crippen molar-refractivity contribution in [2.45, 2.75) is 27.2 Å². The zero-order chi connectivity index (χ0) is 11.1. The van der Waals surface area contributed by atoms with E-state index in [2.05, 4.69) is 46.1 Å². The van der Waals surface area contributed by atoms with Crippen LogP contribution in [0.1, 0.15) is 25.8 Å². The largest absolute Gasteiger partial charge is 0.369 e. The molecule has 1 aromatic rings. The fourth-order valence-electron chi connectivity index (χ4n) is 1.81. The molecule has 1 unspecified atom stereocenters. The first kappa shape index (κ1) is 10.9. The predicted octanol–water partition coefficient (Wildman–Crippen LogP) is 3.61. The molecule has 1 heterocycles. The smallest absolute Gasteiger partial charge is 0.140 e. The van der Waals surface area contributed by atoms with Gasteiger partial charge in [-0.1, -0.05) is 13.8 Å². The van der Waals surface area contributed by atoms with Gasteiger partial charge >= 0.3 is 0 Å². The van der Waals surface area contributed by atoms with Gasteiger partial charge in [-0.2, -0.15) is 0 Å². The molecule has 0 spiro atoms. The number of pyridine rings is 1. The lowest BCUT2D eigenvalue weighted by molar-refractivity contribution is 0.573. The van der Waals surface area contributed by atoms with Crippen molar-refractivity contribution in [3.05, 3.63) is 22.3 Å². The van der Waals surface area contributed by atoms with Crippen LogP contribution in [0.2, 0.25) is 0 Å². The molecule has 2 nitrogen and oxygen atoms in total. The molecule has 3 heteroatoms. The Labute approximate surface area is 99.6 Å². The molecule has 0 aliphatic heterocycles. The van der Waals surface area contributed by atoms with E-state index in [1.807, 2.05) is 13.1 Å². The van der Waals surface area contributed by atoms with Crippen LogP contribution in [0.3, 0.4) is 0 Å². The second-order valence-corrected chi connectivity index (χ2v) is 5.97. The summed E-state index contributed by atoms with van der Waals surface area (Å²) < 4.78 is 1.06. The van der Waals surface area contributed by atoms with Crippen LogP contribution in [0.15, 0.2) is 16.7 Å². The van der Waals surface area contributed by atoms with E-state index in [-0.39, 0.29) is 0 Å². The number of aromatic nitrogens is 1. The molecular weight excluding hydrogens is 252 g/mol. The third kappa shape index (κ3) is 2.51. The first-order valence-corrected chi connectivity index (χ1v) is 6.14. The highest BCUT2D eigenvalue weighted by Crippen LogP contribution is 2.51. The Hall–Kier alpha value is -0.570. The summed E-state index contributed by atoms with van der Waals surface area (Å²) in [5, 5.41) is 3.40. The lowest BCUT2D eigenvalue weighted by Crippen LogP contribution is -2.08. The quantitative estimate of drug-likeness (QED) is 0.906. The first-order valence-electron chi connectivity index (χ1n) is 5.35. The topological polar surface area (TPSA) is 24.9 Å². The summed E-state index contributed by atoms with van der Waals surface area (Å²) >= 11 is 3.52. The zero-order valence-corrected chi connectivity index (χ0v) is 11.1. The van der Waals surface area contributed by atoms with Crippen molar-refractivity contribution in [2.24, 2.45) is 11.3 Å². The van der Waals surface area contributed by atoms with Crippen LogP contribution >= 0.6 is 15.9 Å². The highest BCUT2D eigenvalue weighted by molar-refractivity contribution is 9.10. The number of halogens is 1. The zero-order valence-electron chi connectivity index (χ0n) is 9.47. The molecule has 1 aliphatic rings. The number of anilines is 1. The van der Waals surface area contributed by atoms with Crippen molar-refractivity contribution in [1.29, 1.82) is 0 Å². The Morgan fingerprint density at radius 1 is 1.60 bits per heavy atom. The van der Waals surface area contributed by atoms with Gasteiger partial charge < -0.3 is 5.32 Å². The number of nitrogens with one attached hydrogen (secondary N) is 1. The first-order chi connectivity index (χ1) is 6.99. The minimum Gasteiger partial charge on any atom is -0.369 e. The number of rotatable bonds is 3. The molecule has 2 rings (SSSR count). The third-order valence-corrected chi connectivity index (χ3v) is 3.82. The maximum absolute atomic E-state index is 4.37. The molecule has 1 fully saturated rings. The van der Waals surface area contributed by atoms with Gasteiger partial charge in [0.2, 0.25) is 0 Å². The minimum atomic E-state index is 0.532. The third-order valence-electron chi connectivity index (χ3n) is 3.21. The fourth-order valence-corrected chi connectivity index (χ4v) is 2.41. The highest BCUT2D eigenvalue weighted by Gasteiger charge is 2.45. The van der Waals surface area contributed by atoms with Crippen LogP contribution in [-0.4, -0.2) is 11.5 Å². The van der Waals surface area contributed by atoms with Crippen molar-refractivity contribution < 1.29 is 0 Å². The molecule has 0 aromatic carbocycles. The maximum atomic E-state index is 4.37. The summed E-state index contributed by atoms with van der Waals surface area (Å²) in [4.78, 5) is 4.37. The predicted molar refractivity (Wildman–Crippen MR) is 67.1 cm³/mol. The van der Waals surface area contributed by atoms with Gasteiger partial charge in [0.05, 0.1) is 4.47 Å². The highest BCUT2D eigenvalue weighted by atomic mass is 79.9. The Balaban J connectivity index is 1.94. The van der Waals surface area contributed by atoms with Crippen molar-refractivity contribution in [1.82, 2.24) is 4.98 Å². The average molecular weight is 269 g/mol. The van der Waals surface area contributed by atoms with E-state index in [1.165, 1.54) is 12.0 Å². The standard InChI is InChI=1S/C12H17BrN2/c1-8-4-10(13)11(14-6-8)15-7-9-5-12(9,2)3/h4,6,9H,5,7H2,1-3H3,(H,14,15). The van der Waals surface area contributed by atoms with Crippen molar-refractivity contribution in [3.63, 3.8) is 0 Å². The molecule has 1 aliphatic carbocycles. The summed E-state index contributed by atoms with van der Waals surface area (Å²) in [6.07, 6.45) is 3.22. The van der Waals surface area contributed by atoms with Crippen LogP contribution in [0.4, 0.5) is 5.82 Å². The molecule has 1 aromatic heterocycles. The summed E-state index contributed by atoms with van der Waals surface area (Å²) in [6.45, 7) is 7.71. The van der Waals surface area contributed by atoms with Gasteiger partial charge in [0, 0.05) is 12.7 Å². The summed E-state index contributed by atoms with van der Waals surface area (Å²) in [6, 6.07) is 2.09. The summed E-state index contributed by atoms with van der Waals surface area (Å²) in [7, 11) is 0. The minimum absolute atomic E-state index is 0.532. The van der Waals surface area contributed by atoms with Gasteiger partial charge in [-0.25, -0.2) is 4.98 Å². The molecule has 1 saturated carbocycles. The van der Waals surface area contributed by atoms with E-state index >= 15 is 0 Å². The number of nitrogens with zero attached hydrogens (tertiary/aromatic N) is 1. The van der Waals surface area contributed by atoms with Crippen LogP contribution in [-0.2, 0) is 0 Å². The van der Waals surface area contributed by atoms with Gasteiger partial charge in [0.1, 0.15) is 5.82 Å². The summed E-state index contributed by atoms with van der Waals surface area (Å²) in [5.74, 6) is 1.76. The van der Waals surface area contributed by atoms with Gasteiger partial charge in [0.15, 0.2) is 0 Å². The molecule has 0 radical (unpaired) electrons. The van der Waals surface area contributed by atoms with E-state index in [9.17, 15) is 0 Å². The van der Waals surface area contributed by atoms with Gasteiger partial charge in [0.25, 0.3) is 0 Å². The lowest BCUT2D eigenvalue weighted by atomic mass is 10.1. The SMILES string of the molecule is Cc1cnc(NCC2CC2(C)C)c(Br)c1. The Kier molecular flexibility index (Phi) is 2.75.